The molecule has 2 aromatic carbocycles. The van der Waals surface area contributed by atoms with Crippen molar-refractivity contribution in [2.24, 2.45) is 0 Å². The minimum absolute atomic E-state index is 0.420. The van der Waals surface area contributed by atoms with Crippen molar-refractivity contribution in [2.75, 3.05) is 6.54 Å². The molecule has 0 saturated carbocycles. The highest BCUT2D eigenvalue weighted by Crippen LogP contribution is 2.26. The molecule has 0 aliphatic rings. The summed E-state index contributed by atoms with van der Waals surface area (Å²) in [5.41, 5.74) is 4.17. The lowest BCUT2D eigenvalue weighted by molar-refractivity contribution is 0.570. The molecule has 1 N–H and O–H groups in total. The summed E-state index contributed by atoms with van der Waals surface area (Å²) in [6, 6.07) is 18.0. The van der Waals surface area contributed by atoms with Crippen LogP contribution in [-0.2, 0) is 5.75 Å². The SMILES string of the molecule is CCCNC(C)c1cccc(SCc2ccccc2C)c1. The first-order valence-corrected chi connectivity index (χ1v) is 8.70. The van der Waals surface area contributed by atoms with E-state index in [1.807, 2.05) is 11.8 Å². The fourth-order valence-corrected chi connectivity index (χ4v) is 3.33. The fraction of sp³-hybridized carbons (Fsp3) is 0.368. The van der Waals surface area contributed by atoms with E-state index in [0.717, 1.165) is 12.3 Å². The fourth-order valence-electron chi connectivity index (χ4n) is 2.29. The molecule has 0 heterocycles. The van der Waals surface area contributed by atoms with Gasteiger partial charge >= 0.3 is 0 Å². The van der Waals surface area contributed by atoms with E-state index in [-0.39, 0.29) is 0 Å². The summed E-state index contributed by atoms with van der Waals surface area (Å²) >= 11 is 1.92. The molecule has 0 amide bonds. The monoisotopic (exact) mass is 299 g/mol. The zero-order chi connectivity index (χ0) is 15.1. The van der Waals surface area contributed by atoms with Crippen molar-refractivity contribution in [3.05, 3.63) is 65.2 Å². The summed E-state index contributed by atoms with van der Waals surface area (Å²) in [6.07, 6.45) is 1.17. The first-order chi connectivity index (χ1) is 10.2. The van der Waals surface area contributed by atoms with Gasteiger partial charge in [-0.3, -0.25) is 0 Å². The first kappa shape index (κ1) is 16.1. The van der Waals surface area contributed by atoms with Crippen LogP contribution in [0.15, 0.2) is 53.4 Å². The van der Waals surface area contributed by atoms with Crippen LogP contribution in [0.5, 0.6) is 0 Å². The quantitative estimate of drug-likeness (QED) is 0.692. The highest BCUT2D eigenvalue weighted by Gasteiger charge is 2.05. The Bertz CT molecular complexity index is 565. The number of rotatable bonds is 7. The second kappa shape index (κ2) is 8.26. The zero-order valence-corrected chi connectivity index (χ0v) is 14.0. The lowest BCUT2D eigenvalue weighted by atomic mass is 10.1. The predicted octanol–water partition coefficient (Wildman–Crippen LogP) is 5.35. The van der Waals surface area contributed by atoms with Crippen LogP contribution in [0.1, 0.15) is 43.0 Å². The van der Waals surface area contributed by atoms with Gasteiger partial charge in [0.05, 0.1) is 0 Å². The van der Waals surface area contributed by atoms with Gasteiger partial charge in [-0.2, -0.15) is 0 Å². The highest BCUT2D eigenvalue weighted by molar-refractivity contribution is 7.98. The number of benzene rings is 2. The van der Waals surface area contributed by atoms with Gasteiger partial charge in [-0.15, -0.1) is 11.8 Å². The second-order valence-electron chi connectivity index (χ2n) is 5.46. The van der Waals surface area contributed by atoms with Gasteiger partial charge in [0, 0.05) is 16.7 Å². The molecular formula is C19H25NS. The van der Waals surface area contributed by atoms with Crippen LogP contribution in [0.3, 0.4) is 0 Å². The average molecular weight is 299 g/mol. The summed E-state index contributed by atoms with van der Waals surface area (Å²) in [5, 5.41) is 3.55. The number of aryl methyl sites for hydroxylation is 1. The average Bonchev–Trinajstić information content (AvgIpc) is 2.52. The maximum atomic E-state index is 3.55. The van der Waals surface area contributed by atoms with Crippen molar-refractivity contribution in [1.82, 2.24) is 5.32 Å². The summed E-state index contributed by atoms with van der Waals surface area (Å²) < 4.78 is 0. The molecule has 1 nitrogen and oxygen atoms in total. The van der Waals surface area contributed by atoms with E-state index in [0.29, 0.717) is 6.04 Å². The molecule has 2 rings (SSSR count). The van der Waals surface area contributed by atoms with E-state index in [2.05, 4.69) is 74.6 Å². The normalized spacial score (nSPS) is 12.3. The standard InChI is InChI=1S/C19H25NS/c1-4-12-20-16(3)17-10-7-11-19(13-17)21-14-18-9-6-5-8-15(18)2/h5-11,13,16,20H,4,12,14H2,1-3H3. The Morgan fingerprint density at radius 2 is 1.90 bits per heavy atom. The lowest BCUT2D eigenvalue weighted by Gasteiger charge is -2.14. The summed E-state index contributed by atoms with van der Waals surface area (Å²) in [7, 11) is 0. The van der Waals surface area contributed by atoms with Crippen LogP contribution in [0.25, 0.3) is 0 Å². The Balaban J connectivity index is 1.99. The van der Waals surface area contributed by atoms with Crippen LogP contribution >= 0.6 is 11.8 Å². The number of hydrogen-bond donors (Lipinski definition) is 1. The van der Waals surface area contributed by atoms with Crippen molar-refractivity contribution in [1.29, 1.82) is 0 Å². The summed E-state index contributed by atoms with van der Waals surface area (Å²) in [5.74, 6) is 1.03. The molecule has 2 heteroatoms. The second-order valence-corrected chi connectivity index (χ2v) is 6.51. The molecule has 0 fully saturated rings. The van der Waals surface area contributed by atoms with E-state index < -0.39 is 0 Å². The van der Waals surface area contributed by atoms with E-state index >= 15 is 0 Å². The third kappa shape index (κ3) is 4.90. The minimum Gasteiger partial charge on any atom is -0.310 e. The third-order valence-electron chi connectivity index (χ3n) is 3.71. The van der Waals surface area contributed by atoms with Crippen LogP contribution in [0, 0.1) is 6.92 Å². The largest absolute Gasteiger partial charge is 0.310 e. The Morgan fingerprint density at radius 1 is 1.10 bits per heavy atom. The summed E-state index contributed by atoms with van der Waals surface area (Å²) in [4.78, 5) is 1.35. The van der Waals surface area contributed by atoms with Crippen molar-refractivity contribution in [3.63, 3.8) is 0 Å². The van der Waals surface area contributed by atoms with Crippen LogP contribution in [-0.4, -0.2) is 6.54 Å². The van der Waals surface area contributed by atoms with E-state index in [4.69, 9.17) is 0 Å². The summed E-state index contributed by atoms with van der Waals surface area (Å²) in [6.45, 7) is 7.69. The molecule has 2 aromatic rings. The number of hydrogen-bond acceptors (Lipinski definition) is 2. The Labute approximate surface area is 133 Å². The van der Waals surface area contributed by atoms with Gasteiger partial charge in [0.15, 0.2) is 0 Å². The van der Waals surface area contributed by atoms with Crippen molar-refractivity contribution < 1.29 is 0 Å². The highest BCUT2D eigenvalue weighted by atomic mass is 32.2. The van der Waals surface area contributed by atoms with Gasteiger partial charge < -0.3 is 5.32 Å². The van der Waals surface area contributed by atoms with E-state index in [1.54, 1.807) is 0 Å². The van der Waals surface area contributed by atoms with Gasteiger partial charge in [-0.25, -0.2) is 0 Å². The molecule has 1 unspecified atom stereocenters. The molecule has 0 saturated heterocycles. The molecule has 21 heavy (non-hydrogen) atoms. The molecule has 0 bridgehead atoms. The van der Waals surface area contributed by atoms with Gasteiger partial charge in [0.25, 0.3) is 0 Å². The molecule has 0 aromatic heterocycles. The molecule has 0 aliphatic carbocycles. The molecule has 112 valence electrons. The molecular weight excluding hydrogens is 274 g/mol. The lowest BCUT2D eigenvalue weighted by Crippen LogP contribution is -2.19. The van der Waals surface area contributed by atoms with E-state index in [9.17, 15) is 0 Å². The van der Waals surface area contributed by atoms with Gasteiger partial charge in [-0.05, 0) is 55.6 Å². The van der Waals surface area contributed by atoms with Gasteiger partial charge in [0.2, 0.25) is 0 Å². The maximum absolute atomic E-state index is 3.55. The Kier molecular flexibility index (Phi) is 6.34. The maximum Gasteiger partial charge on any atom is 0.0292 e. The Morgan fingerprint density at radius 3 is 2.67 bits per heavy atom. The third-order valence-corrected chi connectivity index (χ3v) is 4.76. The molecule has 0 spiro atoms. The van der Waals surface area contributed by atoms with Crippen LogP contribution in [0.4, 0.5) is 0 Å². The predicted molar refractivity (Wildman–Crippen MR) is 93.9 cm³/mol. The van der Waals surface area contributed by atoms with Crippen molar-refractivity contribution in [2.45, 2.75) is 43.9 Å². The van der Waals surface area contributed by atoms with Gasteiger partial charge in [0.1, 0.15) is 0 Å². The molecule has 1 atom stereocenters. The zero-order valence-electron chi connectivity index (χ0n) is 13.2. The molecule has 0 aliphatic heterocycles. The minimum atomic E-state index is 0.420. The topological polar surface area (TPSA) is 12.0 Å². The first-order valence-electron chi connectivity index (χ1n) is 7.71. The van der Waals surface area contributed by atoms with E-state index in [1.165, 1.54) is 28.0 Å². The smallest absolute Gasteiger partial charge is 0.0292 e. The molecule has 0 radical (unpaired) electrons. The van der Waals surface area contributed by atoms with Crippen LogP contribution in [0.2, 0.25) is 0 Å². The Hall–Kier alpha value is -1.25. The number of thioether (sulfide) groups is 1. The van der Waals surface area contributed by atoms with Crippen LogP contribution < -0.4 is 5.32 Å². The van der Waals surface area contributed by atoms with Crippen molar-refractivity contribution >= 4 is 11.8 Å². The van der Waals surface area contributed by atoms with Crippen molar-refractivity contribution in [3.8, 4) is 0 Å². The van der Waals surface area contributed by atoms with Gasteiger partial charge in [-0.1, -0.05) is 43.3 Å². The number of nitrogens with one attached hydrogen (secondary N) is 1.